The highest BCUT2D eigenvalue weighted by atomic mass is 32.2. The smallest absolute Gasteiger partial charge is 0.243 e. The molecule has 98 valence electrons. The number of nitrogens with zero attached hydrogens (tertiary/aromatic N) is 1. The van der Waals surface area contributed by atoms with Gasteiger partial charge < -0.3 is 5.32 Å². The zero-order chi connectivity index (χ0) is 12.8. The van der Waals surface area contributed by atoms with Crippen molar-refractivity contribution in [3.63, 3.8) is 0 Å². The van der Waals surface area contributed by atoms with Gasteiger partial charge in [-0.05, 0) is 37.1 Å². The molecule has 2 aliphatic rings. The first-order valence-electron chi connectivity index (χ1n) is 6.07. The van der Waals surface area contributed by atoms with E-state index in [-0.39, 0.29) is 10.9 Å². The third-order valence-corrected chi connectivity index (χ3v) is 5.72. The van der Waals surface area contributed by atoms with E-state index in [0.29, 0.717) is 19.0 Å². The molecule has 1 aromatic rings. The first-order chi connectivity index (χ1) is 8.59. The fourth-order valence-electron chi connectivity index (χ4n) is 2.87. The van der Waals surface area contributed by atoms with Gasteiger partial charge in [0, 0.05) is 19.1 Å². The van der Waals surface area contributed by atoms with Crippen LogP contribution in [0.25, 0.3) is 0 Å². The largest absolute Gasteiger partial charge is 0.315 e. The van der Waals surface area contributed by atoms with Crippen LogP contribution in [-0.4, -0.2) is 38.4 Å². The fraction of sp³-hybridized carbons (Fsp3) is 0.500. The fourth-order valence-corrected chi connectivity index (χ4v) is 4.60. The summed E-state index contributed by atoms with van der Waals surface area (Å²) in [4.78, 5) is 0.0510. The lowest BCUT2D eigenvalue weighted by atomic mass is 10.1. The summed E-state index contributed by atoms with van der Waals surface area (Å²) < 4.78 is 39.6. The van der Waals surface area contributed by atoms with E-state index in [1.807, 2.05) is 0 Å². The average Bonchev–Trinajstić information content (AvgIpc) is 2.90. The molecular formula is C12H15FN2O2S. The molecule has 6 heteroatoms. The number of hydrogen-bond acceptors (Lipinski definition) is 3. The van der Waals surface area contributed by atoms with Crippen molar-refractivity contribution in [1.82, 2.24) is 9.62 Å². The zero-order valence-electron chi connectivity index (χ0n) is 9.84. The molecule has 0 aromatic heterocycles. The molecule has 0 spiro atoms. The van der Waals surface area contributed by atoms with Gasteiger partial charge in [0.1, 0.15) is 5.82 Å². The normalized spacial score (nSPS) is 28.5. The van der Waals surface area contributed by atoms with Crippen LogP contribution in [0, 0.1) is 11.7 Å². The summed E-state index contributed by atoms with van der Waals surface area (Å²) in [5, 5.41) is 3.21. The van der Waals surface area contributed by atoms with Crippen molar-refractivity contribution < 1.29 is 12.8 Å². The first-order valence-corrected chi connectivity index (χ1v) is 7.51. The molecule has 0 radical (unpaired) electrons. The van der Waals surface area contributed by atoms with Gasteiger partial charge in [-0.1, -0.05) is 6.07 Å². The van der Waals surface area contributed by atoms with Crippen LogP contribution >= 0.6 is 0 Å². The minimum absolute atomic E-state index is 0.0262. The van der Waals surface area contributed by atoms with Gasteiger partial charge in [-0.3, -0.25) is 0 Å². The molecule has 3 rings (SSSR count). The predicted molar refractivity (Wildman–Crippen MR) is 65.1 cm³/mol. The summed E-state index contributed by atoms with van der Waals surface area (Å²) >= 11 is 0. The Morgan fingerprint density at radius 3 is 2.94 bits per heavy atom. The summed E-state index contributed by atoms with van der Waals surface area (Å²) in [5.74, 6) is -0.121. The molecule has 18 heavy (non-hydrogen) atoms. The third-order valence-electron chi connectivity index (χ3n) is 3.80. The second kappa shape index (κ2) is 4.29. The molecule has 4 nitrogen and oxygen atoms in total. The van der Waals surface area contributed by atoms with E-state index in [1.54, 1.807) is 0 Å². The minimum atomic E-state index is -3.56. The molecule has 1 N–H and O–H groups in total. The van der Waals surface area contributed by atoms with Crippen LogP contribution in [0.1, 0.15) is 6.42 Å². The second-order valence-corrected chi connectivity index (χ2v) is 6.74. The number of sulfonamides is 1. The van der Waals surface area contributed by atoms with Crippen molar-refractivity contribution in [3.05, 3.63) is 30.1 Å². The molecule has 2 fully saturated rings. The standard InChI is InChI=1S/C12H15FN2O2S/c13-10-2-1-3-11(6-10)18(16,17)15-5-4-9-7-14-8-12(9)15/h1-3,6,9,12,14H,4-5,7-8H2/t9-,12+/m0/s1. The number of fused-ring (bicyclic) bond motifs is 1. The molecule has 0 saturated carbocycles. The Hall–Kier alpha value is -0.980. The Balaban J connectivity index is 1.95. The maximum atomic E-state index is 13.2. The Labute approximate surface area is 106 Å². The monoisotopic (exact) mass is 270 g/mol. The second-order valence-electron chi connectivity index (χ2n) is 4.85. The van der Waals surface area contributed by atoms with Gasteiger partial charge in [-0.2, -0.15) is 4.31 Å². The molecule has 0 amide bonds. The van der Waals surface area contributed by atoms with Crippen molar-refractivity contribution in [1.29, 1.82) is 0 Å². The van der Waals surface area contributed by atoms with Gasteiger partial charge in [-0.15, -0.1) is 0 Å². The van der Waals surface area contributed by atoms with Crippen LogP contribution in [-0.2, 0) is 10.0 Å². The van der Waals surface area contributed by atoms with Crippen molar-refractivity contribution in [2.75, 3.05) is 19.6 Å². The van der Waals surface area contributed by atoms with E-state index < -0.39 is 15.8 Å². The Kier molecular flexibility index (Phi) is 2.88. The molecular weight excluding hydrogens is 255 g/mol. The highest BCUT2D eigenvalue weighted by Crippen LogP contribution is 2.32. The van der Waals surface area contributed by atoms with Crippen molar-refractivity contribution >= 4 is 10.0 Å². The predicted octanol–water partition coefficient (Wildman–Crippen LogP) is 0.808. The molecule has 2 saturated heterocycles. The molecule has 0 bridgehead atoms. The molecule has 0 unspecified atom stereocenters. The molecule has 2 atom stereocenters. The van der Waals surface area contributed by atoms with Crippen molar-refractivity contribution in [3.8, 4) is 0 Å². The lowest BCUT2D eigenvalue weighted by molar-refractivity contribution is 0.382. The van der Waals surface area contributed by atoms with Gasteiger partial charge in [0.2, 0.25) is 10.0 Å². The number of nitrogens with one attached hydrogen (secondary N) is 1. The van der Waals surface area contributed by atoms with Crippen LogP contribution in [0.15, 0.2) is 29.2 Å². The van der Waals surface area contributed by atoms with E-state index in [2.05, 4.69) is 5.32 Å². The molecule has 1 aromatic carbocycles. The Bertz CT molecular complexity index is 561. The van der Waals surface area contributed by atoms with Gasteiger partial charge in [0.05, 0.1) is 4.90 Å². The topological polar surface area (TPSA) is 49.4 Å². The zero-order valence-corrected chi connectivity index (χ0v) is 10.7. The van der Waals surface area contributed by atoms with E-state index in [0.717, 1.165) is 19.0 Å². The summed E-state index contributed by atoms with van der Waals surface area (Å²) in [6, 6.07) is 5.25. The Morgan fingerprint density at radius 1 is 1.33 bits per heavy atom. The minimum Gasteiger partial charge on any atom is -0.315 e. The van der Waals surface area contributed by atoms with Crippen LogP contribution < -0.4 is 5.32 Å². The molecule has 2 aliphatic heterocycles. The number of hydrogen-bond donors (Lipinski definition) is 1. The highest BCUT2D eigenvalue weighted by molar-refractivity contribution is 7.89. The Morgan fingerprint density at radius 2 is 2.17 bits per heavy atom. The third kappa shape index (κ3) is 1.84. The van der Waals surface area contributed by atoms with Crippen LogP contribution in [0.2, 0.25) is 0 Å². The molecule has 2 heterocycles. The average molecular weight is 270 g/mol. The summed E-state index contributed by atoms with van der Waals surface area (Å²) in [5.41, 5.74) is 0. The van der Waals surface area contributed by atoms with Gasteiger partial charge in [-0.25, -0.2) is 12.8 Å². The summed E-state index contributed by atoms with van der Waals surface area (Å²) in [6.45, 7) is 2.11. The number of halogens is 1. The molecule has 0 aliphatic carbocycles. The maximum Gasteiger partial charge on any atom is 0.243 e. The van der Waals surface area contributed by atoms with E-state index in [1.165, 1.54) is 22.5 Å². The van der Waals surface area contributed by atoms with Crippen LogP contribution in [0.5, 0.6) is 0 Å². The quantitative estimate of drug-likeness (QED) is 0.865. The highest BCUT2D eigenvalue weighted by Gasteiger charge is 2.43. The maximum absolute atomic E-state index is 13.2. The first kappa shape index (κ1) is 12.1. The van der Waals surface area contributed by atoms with Crippen LogP contribution in [0.3, 0.4) is 0 Å². The van der Waals surface area contributed by atoms with Crippen LogP contribution in [0.4, 0.5) is 4.39 Å². The number of benzene rings is 1. The van der Waals surface area contributed by atoms with Crippen molar-refractivity contribution in [2.45, 2.75) is 17.4 Å². The summed E-state index contributed by atoms with van der Waals surface area (Å²) in [6.07, 6.45) is 0.881. The SMILES string of the molecule is O=S(=O)(c1cccc(F)c1)N1CC[C@H]2CNC[C@H]21. The van der Waals surface area contributed by atoms with E-state index >= 15 is 0 Å². The van der Waals surface area contributed by atoms with Crippen molar-refractivity contribution in [2.24, 2.45) is 5.92 Å². The summed E-state index contributed by atoms with van der Waals surface area (Å²) in [7, 11) is -3.56. The lowest BCUT2D eigenvalue weighted by Crippen LogP contribution is -2.39. The van der Waals surface area contributed by atoms with E-state index in [9.17, 15) is 12.8 Å². The van der Waals surface area contributed by atoms with Gasteiger partial charge in [0.15, 0.2) is 0 Å². The van der Waals surface area contributed by atoms with Gasteiger partial charge in [0.25, 0.3) is 0 Å². The van der Waals surface area contributed by atoms with Gasteiger partial charge >= 0.3 is 0 Å². The van der Waals surface area contributed by atoms with E-state index in [4.69, 9.17) is 0 Å². The lowest BCUT2D eigenvalue weighted by Gasteiger charge is -2.22. The number of rotatable bonds is 2.